The van der Waals surface area contributed by atoms with E-state index in [2.05, 4.69) is 24.5 Å². The molecular weight excluding hydrogens is 240 g/mol. The van der Waals surface area contributed by atoms with Gasteiger partial charge in [0.05, 0.1) is 13.2 Å². The van der Waals surface area contributed by atoms with Crippen LogP contribution < -0.4 is 10.6 Å². The number of hydrogen-bond acceptors (Lipinski definition) is 3. The first-order valence-electron chi connectivity index (χ1n) is 7.49. The van der Waals surface area contributed by atoms with Crippen molar-refractivity contribution in [2.45, 2.75) is 70.9 Å². The third-order valence-corrected chi connectivity index (χ3v) is 4.52. The number of aliphatic hydroxyl groups is 1. The van der Waals surface area contributed by atoms with Gasteiger partial charge in [-0.3, -0.25) is 4.79 Å². The molecule has 0 spiro atoms. The first-order valence-corrected chi connectivity index (χ1v) is 7.49. The lowest BCUT2D eigenvalue weighted by Crippen LogP contribution is -2.55. The maximum Gasteiger partial charge on any atom is 0.234 e. The van der Waals surface area contributed by atoms with Crippen molar-refractivity contribution in [3.63, 3.8) is 0 Å². The molecule has 112 valence electrons. The molecule has 0 bridgehead atoms. The second kappa shape index (κ2) is 6.71. The van der Waals surface area contributed by atoms with E-state index in [1.807, 2.05) is 13.8 Å². The summed E-state index contributed by atoms with van der Waals surface area (Å²) in [4.78, 5) is 11.9. The van der Waals surface area contributed by atoms with Gasteiger partial charge in [0, 0.05) is 11.1 Å². The molecule has 4 heteroatoms. The van der Waals surface area contributed by atoms with Crippen LogP contribution in [0.15, 0.2) is 0 Å². The van der Waals surface area contributed by atoms with Crippen molar-refractivity contribution in [3.05, 3.63) is 0 Å². The number of rotatable bonds is 6. The smallest absolute Gasteiger partial charge is 0.234 e. The fourth-order valence-corrected chi connectivity index (χ4v) is 2.48. The molecule has 0 atom stereocenters. The van der Waals surface area contributed by atoms with Crippen LogP contribution in [0.3, 0.4) is 0 Å². The monoisotopic (exact) mass is 270 g/mol. The zero-order valence-electron chi connectivity index (χ0n) is 12.9. The van der Waals surface area contributed by atoms with Crippen LogP contribution in [0.4, 0.5) is 0 Å². The fraction of sp³-hybridized carbons (Fsp3) is 0.933. The molecule has 4 nitrogen and oxygen atoms in total. The van der Waals surface area contributed by atoms with Gasteiger partial charge in [0.2, 0.25) is 5.91 Å². The molecule has 1 fully saturated rings. The Labute approximate surface area is 117 Å². The van der Waals surface area contributed by atoms with Gasteiger partial charge in [0.25, 0.3) is 0 Å². The van der Waals surface area contributed by atoms with Gasteiger partial charge in [-0.1, -0.05) is 13.8 Å². The lowest BCUT2D eigenvalue weighted by molar-refractivity contribution is -0.122. The zero-order valence-corrected chi connectivity index (χ0v) is 12.9. The van der Waals surface area contributed by atoms with Gasteiger partial charge in [-0.15, -0.1) is 0 Å². The highest BCUT2D eigenvalue weighted by molar-refractivity contribution is 5.78. The molecule has 0 aromatic heterocycles. The largest absolute Gasteiger partial charge is 0.394 e. The molecule has 19 heavy (non-hydrogen) atoms. The Morgan fingerprint density at radius 1 is 1.37 bits per heavy atom. The minimum absolute atomic E-state index is 0.0123. The summed E-state index contributed by atoms with van der Waals surface area (Å²) in [5.74, 6) is 0.743. The number of carbonyl (C=O) groups is 1. The SMILES string of the molecule is CCC(C)(C)NC(=O)CNC1(CO)CCC(C)CC1. The molecule has 0 radical (unpaired) electrons. The minimum atomic E-state index is -0.250. The lowest BCUT2D eigenvalue weighted by atomic mass is 9.77. The molecule has 0 unspecified atom stereocenters. The second-order valence-electron chi connectivity index (χ2n) is 6.76. The standard InChI is InChI=1S/C15H30N2O2/c1-5-14(3,4)17-13(19)10-16-15(11-18)8-6-12(2)7-9-15/h12,16,18H,5-11H2,1-4H3,(H,17,19). The molecule has 1 saturated carbocycles. The fourth-order valence-electron chi connectivity index (χ4n) is 2.48. The minimum Gasteiger partial charge on any atom is -0.394 e. The Morgan fingerprint density at radius 3 is 2.42 bits per heavy atom. The summed E-state index contributed by atoms with van der Waals surface area (Å²) in [6, 6.07) is 0. The third-order valence-electron chi connectivity index (χ3n) is 4.52. The van der Waals surface area contributed by atoms with Gasteiger partial charge in [-0.05, 0) is 51.9 Å². The van der Waals surface area contributed by atoms with E-state index in [0.29, 0.717) is 6.54 Å². The lowest BCUT2D eigenvalue weighted by Gasteiger charge is -2.39. The van der Waals surface area contributed by atoms with Gasteiger partial charge in [0.1, 0.15) is 0 Å². The summed E-state index contributed by atoms with van der Waals surface area (Å²) in [5.41, 5.74) is -0.410. The van der Waals surface area contributed by atoms with E-state index in [-0.39, 0.29) is 23.6 Å². The summed E-state index contributed by atoms with van der Waals surface area (Å²) in [6.45, 7) is 8.76. The maximum atomic E-state index is 11.9. The van der Waals surface area contributed by atoms with Gasteiger partial charge < -0.3 is 15.7 Å². The van der Waals surface area contributed by atoms with Crippen LogP contribution in [0.25, 0.3) is 0 Å². The third kappa shape index (κ3) is 5.11. The van der Waals surface area contributed by atoms with E-state index in [1.165, 1.54) is 0 Å². The predicted molar refractivity (Wildman–Crippen MR) is 78.0 cm³/mol. The van der Waals surface area contributed by atoms with Crippen LogP contribution >= 0.6 is 0 Å². The molecule has 0 aliphatic heterocycles. The Bertz CT molecular complexity index is 295. The van der Waals surface area contributed by atoms with E-state index < -0.39 is 0 Å². The number of aliphatic hydroxyl groups excluding tert-OH is 1. The molecule has 3 N–H and O–H groups in total. The average molecular weight is 270 g/mol. The predicted octanol–water partition coefficient (Wildman–Crippen LogP) is 1.82. The van der Waals surface area contributed by atoms with Crippen molar-refractivity contribution < 1.29 is 9.90 Å². The molecule has 1 aliphatic rings. The van der Waals surface area contributed by atoms with Gasteiger partial charge in [0.15, 0.2) is 0 Å². The number of nitrogens with one attached hydrogen (secondary N) is 2. The normalized spacial score (nSPS) is 28.2. The first-order chi connectivity index (χ1) is 8.82. The summed E-state index contributed by atoms with van der Waals surface area (Å²) in [6.07, 6.45) is 5.05. The van der Waals surface area contributed by atoms with Crippen molar-refractivity contribution in [2.24, 2.45) is 5.92 Å². The van der Waals surface area contributed by atoms with E-state index in [9.17, 15) is 9.90 Å². The van der Waals surface area contributed by atoms with Crippen molar-refractivity contribution in [2.75, 3.05) is 13.2 Å². The highest BCUT2D eigenvalue weighted by Crippen LogP contribution is 2.31. The van der Waals surface area contributed by atoms with Crippen molar-refractivity contribution in [1.29, 1.82) is 0 Å². The van der Waals surface area contributed by atoms with E-state index in [0.717, 1.165) is 38.0 Å². The van der Waals surface area contributed by atoms with E-state index in [1.54, 1.807) is 0 Å². The maximum absolute atomic E-state index is 11.9. The Balaban J connectivity index is 2.43. The summed E-state index contributed by atoms with van der Waals surface area (Å²) in [5, 5.41) is 15.9. The van der Waals surface area contributed by atoms with Crippen LogP contribution in [0, 0.1) is 5.92 Å². The molecule has 1 rings (SSSR count). The number of amides is 1. The zero-order chi connectivity index (χ0) is 14.5. The highest BCUT2D eigenvalue weighted by atomic mass is 16.3. The van der Waals surface area contributed by atoms with Gasteiger partial charge >= 0.3 is 0 Å². The van der Waals surface area contributed by atoms with Crippen LogP contribution in [0.1, 0.15) is 59.8 Å². The van der Waals surface area contributed by atoms with Crippen molar-refractivity contribution in [3.8, 4) is 0 Å². The van der Waals surface area contributed by atoms with Crippen LogP contribution in [0.5, 0.6) is 0 Å². The van der Waals surface area contributed by atoms with Crippen molar-refractivity contribution in [1.82, 2.24) is 10.6 Å². The molecule has 0 heterocycles. The quantitative estimate of drug-likeness (QED) is 0.690. The van der Waals surface area contributed by atoms with Crippen LogP contribution in [0.2, 0.25) is 0 Å². The van der Waals surface area contributed by atoms with Gasteiger partial charge in [-0.2, -0.15) is 0 Å². The number of hydrogen-bond donors (Lipinski definition) is 3. The van der Waals surface area contributed by atoms with E-state index in [4.69, 9.17) is 0 Å². The Kier molecular flexibility index (Phi) is 5.81. The molecule has 0 saturated heterocycles. The van der Waals surface area contributed by atoms with Crippen LogP contribution in [-0.4, -0.2) is 35.2 Å². The molecule has 1 amide bonds. The second-order valence-corrected chi connectivity index (χ2v) is 6.76. The first kappa shape index (κ1) is 16.4. The Morgan fingerprint density at radius 2 is 1.95 bits per heavy atom. The highest BCUT2D eigenvalue weighted by Gasteiger charge is 2.33. The van der Waals surface area contributed by atoms with Crippen molar-refractivity contribution >= 4 is 5.91 Å². The molecule has 1 aliphatic carbocycles. The summed E-state index contributed by atoms with van der Waals surface area (Å²) in [7, 11) is 0. The number of carbonyl (C=O) groups excluding carboxylic acids is 1. The summed E-state index contributed by atoms with van der Waals surface area (Å²) < 4.78 is 0. The molecule has 0 aromatic rings. The molecule has 0 aromatic carbocycles. The van der Waals surface area contributed by atoms with Crippen LogP contribution in [-0.2, 0) is 4.79 Å². The molecular formula is C15H30N2O2. The van der Waals surface area contributed by atoms with E-state index >= 15 is 0 Å². The van der Waals surface area contributed by atoms with Gasteiger partial charge in [-0.25, -0.2) is 0 Å². The average Bonchev–Trinajstić information content (AvgIpc) is 2.38. The Hall–Kier alpha value is -0.610. The summed E-state index contributed by atoms with van der Waals surface area (Å²) >= 11 is 0. The topological polar surface area (TPSA) is 61.4 Å².